The first-order valence-corrected chi connectivity index (χ1v) is 12.2. The molecule has 1 fully saturated rings. The van der Waals surface area contributed by atoms with Gasteiger partial charge in [-0.25, -0.2) is 9.79 Å². The van der Waals surface area contributed by atoms with Crippen LogP contribution in [-0.2, 0) is 25.2 Å². The maximum Gasteiger partial charge on any atom is 0.416 e. The number of amidine groups is 1. The normalized spacial score (nSPS) is 22.0. The molecule has 1 amide bonds. The van der Waals surface area contributed by atoms with Gasteiger partial charge in [-0.15, -0.1) is 0 Å². The number of alkyl halides is 3. The highest BCUT2D eigenvalue weighted by molar-refractivity contribution is 8.16. The standard InChI is InChI=1S/C24H26F3N3O4S/c1-3-33-22(32)20-14(2)29-23-30(21(20)15-6-8-16(9-7-15)24(25,26)27)17(13-35-23)11-19(31)28-12-18-5-4-10-34-18/h6-9,13,18,21H,3-5,10-12H2,1-2H3,(H,28,31)/t18-,21-/m0/s1. The number of nitrogens with zero attached hydrogens (tertiary/aromatic N) is 2. The second-order valence-electron chi connectivity index (χ2n) is 8.35. The number of hydrogen-bond acceptors (Lipinski definition) is 7. The molecule has 0 aliphatic carbocycles. The van der Waals surface area contributed by atoms with Crippen molar-refractivity contribution in [3.8, 4) is 0 Å². The van der Waals surface area contributed by atoms with Crippen LogP contribution in [0.25, 0.3) is 0 Å². The Morgan fingerprint density at radius 2 is 2.03 bits per heavy atom. The van der Waals surface area contributed by atoms with Crippen molar-refractivity contribution in [2.45, 2.75) is 51.4 Å². The second kappa shape index (κ2) is 10.4. The van der Waals surface area contributed by atoms with Gasteiger partial charge in [0.2, 0.25) is 5.91 Å². The molecule has 4 rings (SSSR count). The number of halogens is 3. The summed E-state index contributed by atoms with van der Waals surface area (Å²) in [6.45, 7) is 4.58. The lowest BCUT2D eigenvalue weighted by atomic mass is 9.93. The van der Waals surface area contributed by atoms with Crippen molar-refractivity contribution < 1.29 is 32.2 Å². The van der Waals surface area contributed by atoms with E-state index in [4.69, 9.17) is 9.47 Å². The molecule has 188 valence electrons. The topological polar surface area (TPSA) is 80.2 Å². The van der Waals surface area contributed by atoms with Crippen LogP contribution in [0.3, 0.4) is 0 Å². The summed E-state index contributed by atoms with van der Waals surface area (Å²) in [4.78, 5) is 31.9. The highest BCUT2D eigenvalue weighted by atomic mass is 32.2. The molecule has 3 aliphatic heterocycles. The van der Waals surface area contributed by atoms with Crippen molar-refractivity contribution >= 4 is 28.8 Å². The Labute approximate surface area is 205 Å². The third-order valence-electron chi connectivity index (χ3n) is 5.94. The zero-order chi connectivity index (χ0) is 25.2. The van der Waals surface area contributed by atoms with E-state index in [-0.39, 0.29) is 30.6 Å². The van der Waals surface area contributed by atoms with Gasteiger partial charge in [-0.2, -0.15) is 13.2 Å². The quantitative estimate of drug-likeness (QED) is 0.544. The van der Waals surface area contributed by atoms with Crippen LogP contribution in [0.15, 0.2) is 51.6 Å². The lowest BCUT2D eigenvalue weighted by molar-refractivity contribution is -0.139. The summed E-state index contributed by atoms with van der Waals surface area (Å²) < 4.78 is 50.3. The van der Waals surface area contributed by atoms with E-state index in [9.17, 15) is 22.8 Å². The van der Waals surface area contributed by atoms with Crippen molar-refractivity contribution in [2.24, 2.45) is 4.99 Å². The monoisotopic (exact) mass is 509 g/mol. The Morgan fingerprint density at radius 3 is 2.66 bits per heavy atom. The average molecular weight is 510 g/mol. The van der Waals surface area contributed by atoms with Gasteiger partial charge in [-0.05, 0) is 49.8 Å². The van der Waals surface area contributed by atoms with Gasteiger partial charge >= 0.3 is 12.1 Å². The van der Waals surface area contributed by atoms with E-state index in [1.165, 1.54) is 23.9 Å². The maximum absolute atomic E-state index is 13.2. The molecule has 0 saturated carbocycles. The molecular weight excluding hydrogens is 483 g/mol. The molecule has 0 aromatic heterocycles. The third-order valence-corrected chi connectivity index (χ3v) is 6.83. The summed E-state index contributed by atoms with van der Waals surface area (Å²) in [6.07, 6.45) is -2.61. The number of benzene rings is 1. The third kappa shape index (κ3) is 5.56. The van der Waals surface area contributed by atoms with E-state index in [1.54, 1.807) is 24.2 Å². The number of amides is 1. The summed E-state index contributed by atoms with van der Waals surface area (Å²) in [5.74, 6) is -0.819. The molecule has 3 aliphatic rings. The first-order chi connectivity index (χ1) is 16.7. The fourth-order valence-corrected chi connectivity index (χ4v) is 5.23. The molecule has 11 heteroatoms. The van der Waals surface area contributed by atoms with Crippen LogP contribution in [0.4, 0.5) is 13.2 Å². The number of rotatable bonds is 7. The van der Waals surface area contributed by atoms with Gasteiger partial charge in [-0.3, -0.25) is 4.79 Å². The molecule has 0 spiro atoms. The minimum Gasteiger partial charge on any atom is -0.463 e. The first kappa shape index (κ1) is 25.3. The summed E-state index contributed by atoms with van der Waals surface area (Å²) in [7, 11) is 0. The van der Waals surface area contributed by atoms with E-state index < -0.39 is 23.8 Å². The Balaban J connectivity index is 1.62. The molecule has 3 heterocycles. The van der Waals surface area contributed by atoms with Crippen LogP contribution in [0.2, 0.25) is 0 Å². The number of fused-ring (bicyclic) bond motifs is 1. The van der Waals surface area contributed by atoms with Crippen molar-refractivity contribution in [1.82, 2.24) is 10.2 Å². The van der Waals surface area contributed by atoms with Crippen molar-refractivity contribution in [1.29, 1.82) is 0 Å². The van der Waals surface area contributed by atoms with Crippen molar-refractivity contribution in [3.63, 3.8) is 0 Å². The van der Waals surface area contributed by atoms with E-state index in [0.29, 0.717) is 35.3 Å². The van der Waals surface area contributed by atoms with Gasteiger partial charge in [0.1, 0.15) is 0 Å². The van der Waals surface area contributed by atoms with Crippen LogP contribution < -0.4 is 5.32 Å². The van der Waals surface area contributed by atoms with E-state index >= 15 is 0 Å². The highest BCUT2D eigenvalue weighted by Crippen LogP contribution is 2.45. The number of allylic oxidation sites excluding steroid dienone is 1. The van der Waals surface area contributed by atoms with E-state index in [2.05, 4.69) is 10.3 Å². The SMILES string of the molecule is CCOC(=O)C1=C(C)N=C2SC=C(CC(=O)NC[C@@H]3CCCO3)N2[C@H]1c1ccc(C(F)(F)F)cc1. The smallest absolute Gasteiger partial charge is 0.416 e. The van der Waals surface area contributed by atoms with E-state index in [1.807, 2.05) is 0 Å². The first-order valence-electron chi connectivity index (χ1n) is 11.4. The lowest BCUT2D eigenvalue weighted by Gasteiger charge is -2.36. The molecule has 7 nitrogen and oxygen atoms in total. The van der Waals surface area contributed by atoms with Crippen molar-refractivity contribution in [2.75, 3.05) is 19.8 Å². The van der Waals surface area contributed by atoms with Gasteiger partial charge in [0.05, 0.1) is 42.0 Å². The lowest BCUT2D eigenvalue weighted by Crippen LogP contribution is -2.38. The van der Waals surface area contributed by atoms with Gasteiger partial charge in [-0.1, -0.05) is 23.9 Å². The molecule has 1 saturated heterocycles. The summed E-state index contributed by atoms with van der Waals surface area (Å²) in [5.41, 5.74) is 0.913. The summed E-state index contributed by atoms with van der Waals surface area (Å²) in [6, 6.07) is 3.89. The Morgan fingerprint density at radius 1 is 1.29 bits per heavy atom. The van der Waals surface area contributed by atoms with Crippen molar-refractivity contribution in [3.05, 3.63) is 57.8 Å². The number of thioether (sulfide) groups is 1. The molecular formula is C24H26F3N3O4S. The van der Waals surface area contributed by atoms with Crippen LogP contribution in [0.1, 0.15) is 50.3 Å². The predicted molar refractivity (Wildman–Crippen MR) is 125 cm³/mol. The average Bonchev–Trinajstić information content (AvgIpc) is 3.46. The molecule has 0 bridgehead atoms. The zero-order valence-corrected chi connectivity index (χ0v) is 20.2. The number of hydrogen-bond donors (Lipinski definition) is 1. The fraction of sp³-hybridized carbons (Fsp3) is 0.458. The number of carbonyl (C=O) groups excluding carboxylic acids is 2. The molecule has 1 aromatic carbocycles. The number of carbonyl (C=O) groups is 2. The van der Waals surface area contributed by atoms with Crippen LogP contribution in [-0.4, -0.2) is 47.8 Å². The van der Waals surface area contributed by atoms with Gasteiger partial charge in [0, 0.05) is 18.8 Å². The molecule has 35 heavy (non-hydrogen) atoms. The highest BCUT2D eigenvalue weighted by Gasteiger charge is 2.41. The van der Waals surface area contributed by atoms with Crippen LogP contribution >= 0.6 is 11.8 Å². The Kier molecular flexibility index (Phi) is 7.56. The number of nitrogens with one attached hydrogen (secondary N) is 1. The number of aliphatic imine (C=N–C) groups is 1. The van der Waals surface area contributed by atoms with Gasteiger partial charge in [0.15, 0.2) is 5.17 Å². The molecule has 0 radical (unpaired) electrons. The minimum atomic E-state index is -4.48. The molecule has 2 atom stereocenters. The molecule has 1 aromatic rings. The second-order valence-corrected chi connectivity index (χ2v) is 9.19. The fourth-order valence-electron chi connectivity index (χ4n) is 4.27. The minimum absolute atomic E-state index is 0.00103. The number of ether oxygens (including phenoxy) is 2. The summed E-state index contributed by atoms with van der Waals surface area (Å²) >= 11 is 1.30. The Hall–Kier alpha value is -2.79. The van der Waals surface area contributed by atoms with Gasteiger partial charge < -0.3 is 19.7 Å². The largest absolute Gasteiger partial charge is 0.463 e. The predicted octanol–water partition coefficient (Wildman–Crippen LogP) is 4.53. The zero-order valence-electron chi connectivity index (χ0n) is 19.4. The van der Waals surface area contributed by atoms with Crippen LogP contribution in [0, 0.1) is 0 Å². The molecule has 1 N–H and O–H groups in total. The summed E-state index contributed by atoms with van der Waals surface area (Å²) in [5, 5.41) is 5.20. The van der Waals surface area contributed by atoms with Gasteiger partial charge in [0.25, 0.3) is 0 Å². The van der Waals surface area contributed by atoms with E-state index in [0.717, 1.165) is 25.0 Å². The number of esters is 1. The Bertz CT molecular complexity index is 1080. The molecule has 0 unspecified atom stereocenters. The van der Waals surface area contributed by atoms with Crippen LogP contribution in [0.5, 0.6) is 0 Å². The maximum atomic E-state index is 13.2.